The Hall–Kier alpha value is 1.73. The summed E-state index contributed by atoms with van der Waals surface area (Å²) < 4.78 is 0. The number of hydrogen-bond donors (Lipinski definition) is 0. The Morgan fingerprint density at radius 1 is 0.867 bits per heavy atom. The van der Waals surface area contributed by atoms with Crippen LogP contribution in [-0.4, -0.2) is 62.0 Å². The SMILES string of the molecule is C[PH](C)(C)CC[PH](C)(C)CC(Cl)C(Cl)Cl. The van der Waals surface area contributed by atoms with Gasteiger partial charge in [0.2, 0.25) is 0 Å². The molecule has 0 fully saturated rings. The monoisotopic (exact) mass is 312 g/mol. The molecule has 0 aliphatic heterocycles. The van der Waals surface area contributed by atoms with E-state index in [4.69, 9.17) is 34.8 Å². The van der Waals surface area contributed by atoms with Crippen LogP contribution in [0.15, 0.2) is 0 Å². The summed E-state index contributed by atoms with van der Waals surface area (Å²) in [5, 5.41) is -0.0726. The van der Waals surface area contributed by atoms with Gasteiger partial charge in [0.15, 0.2) is 0 Å². The van der Waals surface area contributed by atoms with E-state index in [0.29, 0.717) is 0 Å². The standard InChI is InChI=1S/C10H25Cl3P2/c1-14(2,3)6-7-15(4,5)8-9(11)10(12)13/h9-10,14-15H,6-8H2,1-5H3. The van der Waals surface area contributed by atoms with Crippen LogP contribution in [0.2, 0.25) is 0 Å². The maximum absolute atomic E-state index is 6.13. The Morgan fingerprint density at radius 2 is 1.33 bits per heavy atom. The predicted molar refractivity (Wildman–Crippen MR) is 86.0 cm³/mol. The molecule has 0 saturated heterocycles. The summed E-state index contributed by atoms with van der Waals surface area (Å²) in [6.07, 6.45) is 3.77. The molecule has 0 aliphatic rings. The molecule has 0 radical (unpaired) electrons. The van der Waals surface area contributed by atoms with Crippen LogP contribution in [-0.2, 0) is 0 Å². The summed E-state index contributed by atoms with van der Waals surface area (Å²) in [4.78, 5) is -0.426. The van der Waals surface area contributed by atoms with Crippen molar-refractivity contribution in [1.29, 1.82) is 0 Å². The molecule has 0 N–H and O–H groups in total. The van der Waals surface area contributed by atoms with E-state index >= 15 is 0 Å². The van der Waals surface area contributed by atoms with Crippen molar-refractivity contribution in [3.63, 3.8) is 0 Å². The van der Waals surface area contributed by atoms with Crippen LogP contribution in [0.4, 0.5) is 0 Å². The molecule has 96 valence electrons. The summed E-state index contributed by atoms with van der Waals surface area (Å²) in [6, 6.07) is 0. The van der Waals surface area contributed by atoms with Gasteiger partial charge in [0.05, 0.1) is 0 Å². The fourth-order valence-corrected chi connectivity index (χ4v) is 10.4. The Labute approximate surface area is 111 Å². The van der Waals surface area contributed by atoms with Crippen molar-refractivity contribution in [1.82, 2.24) is 0 Å². The van der Waals surface area contributed by atoms with Crippen LogP contribution >= 0.6 is 49.3 Å². The van der Waals surface area contributed by atoms with E-state index in [1.54, 1.807) is 0 Å². The first kappa shape index (κ1) is 16.7. The fourth-order valence-electron chi connectivity index (χ4n) is 1.43. The zero-order chi connectivity index (χ0) is 12.3. The van der Waals surface area contributed by atoms with Gasteiger partial charge in [0.1, 0.15) is 0 Å². The Balaban J connectivity index is 4.07. The summed E-state index contributed by atoms with van der Waals surface area (Å²) in [6.45, 7) is 12.0. The van der Waals surface area contributed by atoms with Gasteiger partial charge in [0, 0.05) is 0 Å². The fraction of sp³-hybridized carbons (Fsp3) is 1.00. The van der Waals surface area contributed by atoms with Gasteiger partial charge in [-0.3, -0.25) is 0 Å². The average molecular weight is 314 g/mol. The van der Waals surface area contributed by atoms with Gasteiger partial charge >= 0.3 is 111 Å². The molecule has 0 aromatic rings. The van der Waals surface area contributed by atoms with E-state index in [1.165, 1.54) is 12.3 Å². The first-order valence-electron chi connectivity index (χ1n) is 5.46. The zero-order valence-corrected chi connectivity index (χ0v) is 14.7. The number of hydrogen-bond acceptors (Lipinski definition) is 0. The molecular weight excluding hydrogens is 288 g/mol. The molecule has 0 saturated carbocycles. The third-order valence-electron chi connectivity index (χ3n) is 2.57. The summed E-state index contributed by atoms with van der Waals surface area (Å²) in [7, 11) is -2.12. The number of halogens is 3. The molecule has 0 aliphatic carbocycles. The topological polar surface area (TPSA) is 0 Å². The van der Waals surface area contributed by atoms with E-state index in [0.717, 1.165) is 6.16 Å². The molecule has 0 aromatic carbocycles. The summed E-state index contributed by atoms with van der Waals surface area (Å²) >= 11 is 17.7. The third kappa shape index (κ3) is 9.43. The second kappa shape index (κ2) is 6.61. The van der Waals surface area contributed by atoms with Crippen LogP contribution in [0.3, 0.4) is 0 Å². The molecule has 15 heavy (non-hydrogen) atoms. The number of rotatable bonds is 6. The van der Waals surface area contributed by atoms with Gasteiger partial charge in [-0.1, -0.05) is 0 Å². The molecule has 0 nitrogen and oxygen atoms in total. The van der Waals surface area contributed by atoms with Crippen LogP contribution in [0.25, 0.3) is 0 Å². The van der Waals surface area contributed by atoms with Crippen molar-refractivity contribution in [2.75, 3.05) is 51.8 Å². The first-order valence-corrected chi connectivity index (χ1v) is 13.9. The van der Waals surface area contributed by atoms with Crippen molar-refractivity contribution in [3.05, 3.63) is 0 Å². The minimum absolute atomic E-state index is 0.0726. The Kier molecular flexibility index (Phi) is 7.37. The summed E-state index contributed by atoms with van der Waals surface area (Å²) in [5.74, 6) is 0. The molecule has 0 aromatic heterocycles. The predicted octanol–water partition coefficient (Wildman–Crippen LogP) is 4.05. The van der Waals surface area contributed by atoms with E-state index in [1.807, 2.05) is 0 Å². The zero-order valence-electron chi connectivity index (χ0n) is 10.4. The first-order chi connectivity index (χ1) is 6.53. The van der Waals surface area contributed by atoms with Crippen LogP contribution in [0, 0.1) is 0 Å². The van der Waals surface area contributed by atoms with Gasteiger partial charge in [-0.2, -0.15) is 0 Å². The molecule has 1 atom stereocenters. The van der Waals surface area contributed by atoms with E-state index in [-0.39, 0.29) is 5.38 Å². The molecule has 0 bridgehead atoms. The van der Waals surface area contributed by atoms with Crippen LogP contribution < -0.4 is 0 Å². The molecule has 5 heteroatoms. The van der Waals surface area contributed by atoms with Crippen molar-refractivity contribution < 1.29 is 0 Å². The molecule has 0 spiro atoms. The molecule has 0 heterocycles. The van der Waals surface area contributed by atoms with Crippen molar-refractivity contribution >= 4 is 49.3 Å². The van der Waals surface area contributed by atoms with Gasteiger partial charge in [-0.05, 0) is 0 Å². The normalized spacial score (nSPS) is 17.9. The third-order valence-corrected chi connectivity index (χ3v) is 9.50. The van der Waals surface area contributed by atoms with Crippen molar-refractivity contribution in [2.24, 2.45) is 0 Å². The second-order valence-corrected chi connectivity index (χ2v) is 18.9. The molecule has 0 amide bonds. The quantitative estimate of drug-likeness (QED) is 0.513. The van der Waals surface area contributed by atoms with Crippen molar-refractivity contribution in [3.8, 4) is 0 Å². The van der Waals surface area contributed by atoms with Gasteiger partial charge in [0.25, 0.3) is 0 Å². The minimum atomic E-state index is -1.21. The second-order valence-electron chi connectivity index (χ2n) is 6.28. The van der Waals surface area contributed by atoms with Gasteiger partial charge in [-0.15, -0.1) is 0 Å². The van der Waals surface area contributed by atoms with Gasteiger partial charge < -0.3 is 0 Å². The number of alkyl halides is 3. The van der Waals surface area contributed by atoms with E-state index in [9.17, 15) is 0 Å². The van der Waals surface area contributed by atoms with E-state index < -0.39 is 19.4 Å². The molecule has 0 rings (SSSR count). The van der Waals surface area contributed by atoms with Gasteiger partial charge in [-0.25, -0.2) is 0 Å². The summed E-state index contributed by atoms with van der Waals surface area (Å²) in [5.41, 5.74) is 0. The van der Waals surface area contributed by atoms with E-state index in [2.05, 4.69) is 33.3 Å². The maximum atomic E-state index is 6.13. The Morgan fingerprint density at radius 3 is 1.67 bits per heavy atom. The van der Waals surface area contributed by atoms with Crippen LogP contribution in [0.5, 0.6) is 0 Å². The van der Waals surface area contributed by atoms with Crippen LogP contribution in [0.1, 0.15) is 0 Å². The Bertz CT molecular complexity index is 188. The average Bonchev–Trinajstić information content (AvgIpc) is 1.99. The molecular formula is C10H25Cl3P2. The van der Waals surface area contributed by atoms with Crippen molar-refractivity contribution in [2.45, 2.75) is 10.2 Å². The molecule has 1 unspecified atom stereocenters.